The zero-order chi connectivity index (χ0) is 21.1. The number of fused-ring (bicyclic) bond motifs is 1. The first-order valence-electron chi connectivity index (χ1n) is 10.5. The molecule has 30 heavy (non-hydrogen) atoms. The van der Waals surface area contributed by atoms with E-state index in [0.29, 0.717) is 22.5 Å². The Labute approximate surface area is 186 Å². The van der Waals surface area contributed by atoms with E-state index in [2.05, 4.69) is 47.1 Å². The first kappa shape index (κ1) is 21.3. The summed E-state index contributed by atoms with van der Waals surface area (Å²) < 4.78 is 0.987. The summed E-state index contributed by atoms with van der Waals surface area (Å²) in [6.07, 6.45) is 2.21. The molecule has 1 fully saturated rings. The molecule has 3 aromatic rings. The average Bonchev–Trinajstić information content (AvgIpc) is 3.11. The summed E-state index contributed by atoms with van der Waals surface area (Å²) in [5.41, 5.74) is 2.26. The molecule has 0 unspecified atom stereocenters. The maximum Gasteiger partial charge on any atom is 0.346 e. The third-order valence-electron chi connectivity index (χ3n) is 6.04. The summed E-state index contributed by atoms with van der Waals surface area (Å²) in [5, 5.41) is 11.4. The van der Waals surface area contributed by atoms with Crippen LogP contribution >= 0.6 is 22.9 Å². The van der Waals surface area contributed by atoms with Crippen molar-refractivity contribution >= 4 is 39.0 Å². The van der Waals surface area contributed by atoms with Gasteiger partial charge in [0.05, 0.1) is 0 Å². The Balaban J connectivity index is 1.47. The van der Waals surface area contributed by atoms with Gasteiger partial charge in [0.2, 0.25) is 0 Å². The molecule has 1 aromatic heterocycles. The van der Waals surface area contributed by atoms with Crippen LogP contribution in [0.5, 0.6) is 0 Å². The number of carboxylic acid groups (broad SMARTS) is 1. The van der Waals surface area contributed by atoms with Gasteiger partial charge in [-0.15, -0.1) is 11.3 Å². The Hall–Kier alpha value is -1.92. The van der Waals surface area contributed by atoms with Crippen molar-refractivity contribution in [3.05, 3.63) is 69.6 Å². The maximum atomic E-state index is 11.9. The SMILES string of the molecule is CCN(Cc1c(C(=O)O)sc2ccc(Cl)cc12)C1CCN(Cc2ccccc2)CC1. The number of halogens is 1. The summed E-state index contributed by atoms with van der Waals surface area (Å²) >= 11 is 7.57. The highest BCUT2D eigenvalue weighted by Gasteiger charge is 2.27. The minimum absolute atomic E-state index is 0.437. The monoisotopic (exact) mass is 442 g/mol. The van der Waals surface area contributed by atoms with Gasteiger partial charge in [0.15, 0.2) is 0 Å². The molecule has 0 aliphatic carbocycles. The average molecular weight is 443 g/mol. The first-order valence-corrected chi connectivity index (χ1v) is 11.7. The van der Waals surface area contributed by atoms with Gasteiger partial charge in [0.25, 0.3) is 0 Å². The second-order valence-corrected chi connectivity index (χ2v) is 9.40. The van der Waals surface area contributed by atoms with Crippen molar-refractivity contribution in [1.82, 2.24) is 9.80 Å². The summed E-state index contributed by atoms with van der Waals surface area (Å²) in [6, 6.07) is 16.8. The molecule has 0 amide bonds. The number of piperidine rings is 1. The van der Waals surface area contributed by atoms with E-state index >= 15 is 0 Å². The second-order valence-electron chi connectivity index (χ2n) is 7.91. The van der Waals surface area contributed by atoms with Crippen LogP contribution in [0.3, 0.4) is 0 Å². The lowest BCUT2D eigenvalue weighted by Gasteiger charge is -2.38. The van der Waals surface area contributed by atoms with Gasteiger partial charge in [-0.05, 0) is 67.2 Å². The quantitative estimate of drug-likeness (QED) is 0.506. The van der Waals surface area contributed by atoms with E-state index in [1.807, 2.05) is 18.2 Å². The first-order chi connectivity index (χ1) is 14.5. The Morgan fingerprint density at radius 1 is 1.20 bits per heavy atom. The Morgan fingerprint density at radius 2 is 1.93 bits per heavy atom. The van der Waals surface area contributed by atoms with Crippen LogP contribution < -0.4 is 0 Å². The van der Waals surface area contributed by atoms with Crippen molar-refractivity contribution in [2.24, 2.45) is 0 Å². The fraction of sp³-hybridized carbons (Fsp3) is 0.375. The van der Waals surface area contributed by atoms with Gasteiger partial charge in [0, 0.05) is 28.9 Å². The van der Waals surface area contributed by atoms with E-state index < -0.39 is 5.97 Å². The number of thiophene rings is 1. The van der Waals surface area contributed by atoms with Gasteiger partial charge in [-0.1, -0.05) is 48.9 Å². The van der Waals surface area contributed by atoms with Gasteiger partial charge >= 0.3 is 5.97 Å². The molecule has 4 nitrogen and oxygen atoms in total. The molecule has 2 heterocycles. The van der Waals surface area contributed by atoms with Crippen LogP contribution in [0.1, 0.15) is 40.6 Å². The molecule has 0 bridgehead atoms. The van der Waals surface area contributed by atoms with E-state index in [4.69, 9.17) is 11.6 Å². The molecule has 0 atom stereocenters. The van der Waals surface area contributed by atoms with E-state index in [0.717, 1.165) is 54.7 Å². The van der Waals surface area contributed by atoms with Crippen LogP contribution in [0.4, 0.5) is 0 Å². The van der Waals surface area contributed by atoms with Crippen LogP contribution in [0, 0.1) is 0 Å². The molecular formula is C24H27ClN2O2S. The summed E-state index contributed by atoms with van der Waals surface area (Å²) in [4.78, 5) is 17.3. The lowest BCUT2D eigenvalue weighted by atomic mass is 10.0. The van der Waals surface area contributed by atoms with Gasteiger partial charge in [-0.25, -0.2) is 4.79 Å². The number of benzene rings is 2. The molecule has 0 radical (unpaired) electrons. The molecule has 158 valence electrons. The summed E-state index contributed by atoms with van der Waals surface area (Å²) in [7, 11) is 0. The standard InChI is InChI=1S/C24H27ClN2O2S/c1-2-27(19-10-12-26(13-11-19)15-17-6-4-3-5-7-17)16-21-20-14-18(25)8-9-22(20)30-23(21)24(28)29/h3-9,14,19H,2,10-13,15-16H2,1H3,(H,28,29). The Kier molecular flexibility index (Phi) is 6.74. The second kappa shape index (κ2) is 9.48. The number of aromatic carboxylic acids is 1. The topological polar surface area (TPSA) is 43.8 Å². The molecule has 1 N–H and O–H groups in total. The van der Waals surface area contributed by atoms with Gasteiger partial charge < -0.3 is 5.11 Å². The molecule has 4 rings (SSSR count). The fourth-order valence-corrected chi connectivity index (χ4v) is 5.64. The number of likely N-dealkylation sites (tertiary alicyclic amines) is 1. The van der Waals surface area contributed by atoms with Crippen LogP contribution in [0.15, 0.2) is 48.5 Å². The smallest absolute Gasteiger partial charge is 0.346 e. The third kappa shape index (κ3) is 4.70. The fourth-order valence-electron chi connectivity index (χ4n) is 4.44. The van der Waals surface area contributed by atoms with Gasteiger partial charge in [-0.2, -0.15) is 0 Å². The lowest BCUT2D eigenvalue weighted by Crippen LogP contribution is -2.44. The van der Waals surface area contributed by atoms with Gasteiger partial charge in [-0.3, -0.25) is 9.80 Å². The minimum Gasteiger partial charge on any atom is -0.477 e. The van der Waals surface area contributed by atoms with Gasteiger partial charge in [0.1, 0.15) is 4.88 Å². The number of carbonyl (C=O) groups is 1. The largest absolute Gasteiger partial charge is 0.477 e. The van der Waals surface area contributed by atoms with E-state index in [-0.39, 0.29) is 0 Å². The van der Waals surface area contributed by atoms with Crippen LogP contribution in [-0.2, 0) is 13.1 Å². The maximum absolute atomic E-state index is 11.9. The van der Waals surface area contributed by atoms with Crippen molar-refractivity contribution < 1.29 is 9.90 Å². The molecule has 1 aliphatic rings. The number of hydrogen-bond acceptors (Lipinski definition) is 4. The number of hydrogen-bond donors (Lipinski definition) is 1. The number of nitrogens with zero attached hydrogens (tertiary/aromatic N) is 2. The molecular weight excluding hydrogens is 416 g/mol. The Bertz CT molecular complexity index is 1010. The van der Waals surface area contributed by atoms with Crippen LogP contribution in [0.25, 0.3) is 10.1 Å². The summed E-state index contributed by atoms with van der Waals surface area (Å²) in [5.74, 6) is -0.851. The third-order valence-corrected chi connectivity index (χ3v) is 7.47. The highest BCUT2D eigenvalue weighted by molar-refractivity contribution is 7.21. The number of carboxylic acids is 1. The molecule has 0 spiro atoms. The molecule has 1 aliphatic heterocycles. The minimum atomic E-state index is -0.851. The molecule has 1 saturated heterocycles. The zero-order valence-corrected chi connectivity index (χ0v) is 18.8. The van der Waals surface area contributed by atoms with Crippen molar-refractivity contribution in [3.63, 3.8) is 0 Å². The van der Waals surface area contributed by atoms with Crippen molar-refractivity contribution in [1.29, 1.82) is 0 Å². The Morgan fingerprint density at radius 3 is 2.60 bits per heavy atom. The normalized spacial score (nSPS) is 15.8. The molecule has 6 heteroatoms. The van der Waals surface area contributed by atoms with Crippen LogP contribution in [0.2, 0.25) is 5.02 Å². The molecule has 0 saturated carbocycles. The highest BCUT2D eigenvalue weighted by atomic mass is 35.5. The molecule has 2 aromatic carbocycles. The zero-order valence-electron chi connectivity index (χ0n) is 17.2. The predicted molar refractivity (Wildman–Crippen MR) is 125 cm³/mol. The van der Waals surface area contributed by atoms with Crippen LogP contribution in [-0.4, -0.2) is 46.6 Å². The predicted octanol–water partition coefficient (Wildman–Crippen LogP) is 5.74. The lowest BCUT2D eigenvalue weighted by molar-refractivity contribution is 0.0697. The van der Waals surface area contributed by atoms with Crippen molar-refractivity contribution in [3.8, 4) is 0 Å². The highest BCUT2D eigenvalue weighted by Crippen LogP contribution is 2.35. The number of rotatable bonds is 7. The van der Waals surface area contributed by atoms with E-state index in [1.165, 1.54) is 16.9 Å². The van der Waals surface area contributed by atoms with Crippen molar-refractivity contribution in [2.75, 3.05) is 19.6 Å². The summed E-state index contributed by atoms with van der Waals surface area (Å²) in [6.45, 7) is 6.85. The van der Waals surface area contributed by atoms with E-state index in [1.54, 1.807) is 0 Å². The van der Waals surface area contributed by atoms with E-state index in [9.17, 15) is 9.90 Å². The van der Waals surface area contributed by atoms with Crippen molar-refractivity contribution in [2.45, 2.75) is 38.9 Å².